The lowest BCUT2D eigenvalue weighted by Gasteiger charge is -2.28. The van der Waals surface area contributed by atoms with Crippen molar-refractivity contribution in [3.05, 3.63) is 28.8 Å². The molecule has 1 saturated heterocycles. The third-order valence-electron chi connectivity index (χ3n) is 3.99. The van der Waals surface area contributed by atoms with Gasteiger partial charge < -0.3 is 14.8 Å². The first kappa shape index (κ1) is 12.0. The maximum atomic E-state index is 5.86. The summed E-state index contributed by atoms with van der Waals surface area (Å²) >= 11 is 0. The number of hydrogen-bond acceptors (Lipinski definition) is 3. The second kappa shape index (κ2) is 5.29. The number of aryl methyl sites for hydroxylation is 1. The molecular weight excluding hydrogens is 226 g/mol. The van der Waals surface area contributed by atoms with E-state index in [1.807, 2.05) is 0 Å². The molecule has 0 spiro atoms. The number of rotatable bonds is 2. The number of morpholine rings is 1. The first-order valence-electron chi connectivity index (χ1n) is 6.91. The molecule has 1 fully saturated rings. The van der Waals surface area contributed by atoms with Crippen LogP contribution >= 0.6 is 0 Å². The van der Waals surface area contributed by atoms with Crippen molar-refractivity contribution in [2.75, 3.05) is 26.8 Å². The van der Waals surface area contributed by atoms with Crippen molar-refractivity contribution in [3.63, 3.8) is 0 Å². The Kier molecular flexibility index (Phi) is 3.52. The predicted octanol–water partition coefficient (Wildman–Crippen LogP) is 2.23. The van der Waals surface area contributed by atoms with Crippen molar-refractivity contribution < 1.29 is 9.47 Å². The van der Waals surface area contributed by atoms with Crippen LogP contribution in [0.3, 0.4) is 0 Å². The first-order valence-corrected chi connectivity index (χ1v) is 6.91. The topological polar surface area (TPSA) is 30.5 Å². The van der Waals surface area contributed by atoms with Gasteiger partial charge in [-0.05, 0) is 36.8 Å². The summed E-state index contributed by atoms with van der Waals surface area (Å²) in [4.78, 5) is 0. The monoisotopic (exact) mass is 247 g/mol. The molecule has 1 N–H and O–H groups in total. The summed E-state index contributed by atoms with van der Waals surface area (Å²) in [5.41, 5.74) is 4.09. The largest absolute Gasteiger partial charge is 0.496 e. The predicted molar refractivity (Wildman–Crippen MR) is 71.2 cm³/mol. The maximum absolute atomic E-state index is 5.86. The molecule has 1 unspecified atom stereocenters. The van der Waals surface area contributed by atoms with Crippen LogP contribution in [0.4, 0.5) is 0 Å². The first-order chi connectivity index (χ1) is 8.90. The van der Waals surface area contributed by atoms with Gasteiger partial charge in [-0.25, -0.2) is 0 Å². The molecule has 0 saturated carbocycles. The molecule has 3 rings (SSSR count). The van der Waals surface area contributed by atoms with Gasteiger partial charge in [0.15, 0.2) is 0 Å². The van der Waals surface area contributed by atoms with E-state index in [2.05, 4.69) is 17.4 Å². The molecule has 3 heteroatoms. The zero-order valence-corrected chi connectivity index (χ0v) is 11.0. The minimum atomic E-state index is 0.140. The number of fused-ring (bicyclic) bond motifs is 1. The standard InChI is InChI=1S/C15H21NO2/c1-17-15-12-5-3-2-4-11(12)6-7-13(15)14-10-16-8-9-18-14/h6-7,14,16H,2-5,8-10H2,1H3. The molecule has 0 radical (unpaired) electrons. The summed E-state index contributed by atoms with van der Waals surface area (Å²) in [6, 6.07) is 4.46. The highest BCUT2D eigenvalue weighted by Crippen LogP contribution is 2.37. The summed E-state index contributed by atoms with van der Waals surface area (Å²) in [6.07, 6.45) is 5.05. The van der Waals surface area contributed by atoms with Crippen LogP contribution in [-0.4, -0.2) is 26.8 Å². The van der Waals surface area contributed by atoms with Gasteiger partial charge in [-0.2, -0.15) is 0 Å². The number of ether oxygens (including phenoxy) is 2. The fraction of sp³-hybridized carbons (Fsp3) is 0.600. The Labute approximate surface area is 108 Å². The smallest absolute Gasteiger partial charge is 0.128 e. The lowest BCUT2D eigenvalue weighted by Crippen LogP contribution is -2.33. The highest BCUT2D eigenvalue weighted by Gasteiger charge is 2.24. The zero-order valence-electron chi connectivity index (χ0n) is 11.0. The van der Waals surface area contributed by atoms with E-state index < -0.39 is 0 Å². The second-order valence-corrected chi connectivity index (χ2v) is 5.10. The minimum absolute atomic E-state index is 0.140. The average Bonchev–Trinajstić information content (AvgIpc) is 2.47. The van der Waals surface area contributed by atoms with E-state index in [-0.39, 0.29) is 6.10 Å². The molecule has 1 aromatic rings. The van der Waals surface area contributed by atoms with Crippen LogP contribution in [0.15, 0.2) is 12.1 Å². The van der Waals surface area contributed by atoms with E-state index in [9.17, 15) is 0 Å². The van der Waals surface area contributed by atoms with E-state index in [4.69, 9.17) is 9.47 Å². The molecule has 1 aliphatic carbocycles. The molecule has 0 amide bonds. The molecule has 1 aromatic carbocycles. The minimum Gasteiger partial charge on any atom is -0.496 e. The summed E-state index contributed by atoms with van der Waals surface area (Å²) in [5, 5.41) is 3.38. The number of hydrogen-bond donors (Lipinski definition) is 1. The van der Waals surface area contributed by atoms with Crippen LogP contribution in [-0.2, 0) is 17.6 Å². The van der Waals surface area contributed by atoms with Gasteiger partial charge >= 0.3 is 0 Å². The Hall–Kier alpha value is -1.06. The van der Waals surface area contributed by atoms with E-state index in [1.54, 1.807) is 7.11 Å². The molecule has 1 heterocycles. The van der Waals surface area contributed by atoms with Crippen LogP contribution in [0.25, 0.3) is 0 Å². The molecule has 0 bridgehead atoms. The third kappa shape index (κ3) is 2.13. The quantitative estimate of drug-likeness (QED) is 0.869. The lowest BCUT2D eigenvalue weighted by molar-refractivity contribution is 0.0261. The van der Waals surface area contributed by atoms with Crippen LogP contribution in [0.2, 0.25) is 0 Å². The normalized spacial score (nSPS) is 23.5. The average molecular weight is 247 g/mol. The van der Waals surface area contributed by atoms with E-state index >= 15 is 0 Å². The van der Waals surface area contributed by atoms with Crippen LogP contribution in [0, 0.1) is 0 Å². The van der Waals surface area contributed by atoms with Gasteiger partial charge in [-0.3, -0.25) is 0 Å². The van der Waals surface area contributed by atoms with E-state index in [0.29, 0.717) is 0 Å². The van der Waals surface area contributed by atoms with E-state index in [1.165, 1.54) is 36.0 Å². The summed E-state index contributed by atoms with van der Waals surface area (Å²) in [7, 11) is 1.78. The van der Waals surface area contributed by atoms with Gasteiger partial charge in [0.05, 0.1) is 19.8 Å². The molecular formula is C15H21NO2. The highest BCUT2D eigenvalue weighted by molar-refractivity contribution is 5.49. The zero-order chi connectivity index (χ0) is 12.4. The summed E-state index contributed by atoms with van der Waals surface area (Å²) in [6.45, 7) is 2.61. The Bertz CT molecular complexity index is 425. The Morgan fingerprint density at radius 3 is 2.94 bits per heavy atom. The second-order valence-electron chi connectivity index (χ2n) is 5.10. The number of nitrogens with one attached hydrogen (secondary N) is 1. The Morgan fingerprint density at radius 2 is 2.17 bits per heavy atom. The molecule has 2 aliphatic rings. The third-order valence-corrected chi connectivity index (χ3v) is 3.99. The van der Waals surface area contributed by atoms with Crippen molar-refractivity contribution in [2.45, 2.75) is 31.8 Å². The van der Waals surface area contributed by atoms with Gasteiger partial charge in [-0.1, -0.05) is 12.1 Å². The van der Waals surface area contributed by atoms with Gasteiger partial charge in [0.1, 0.15) is 5.75 Å². The summed E-state index contributed by atoms with van der Waals surface area (Å²) in [5.74, 6) is 1.07. The van der Waals surface area contributed by atoms with E-state index in [0.717, 1.165) is 31.9 Å². The van der Waals surface area contributed by atoms with Gasteiger partial charge in [0.2, 0.25) is 0 Å². The van der Waals surface area contributed by atoms with Gasteiger partial charge in [-0.15, -0.1) is 0 Å². The Balaban J connectivity index is 1.98. The van der Waals surface area contributed by atoms with Crippen LogP contribution < -0.4 is 10.1 Å². The van der Waals surface area contributed by atoms with Crippen molar-refractivity contribution in [1.29, 1.82) is 0 Å². The molecule has 0 aromatic heterocycles. The van der Waals surface area contributed by atoms with Crippen molar-refractivity contribution >= 4 is 0 Å². The Morgan fingerprint density at radius 1 is 1.28 bits per heavy atom. The lowest BCUT2D eigenvalue weighted by atomic mass is 9.88. The van der Waals surface area contributed by atoms with Gasteiger partial charge in [0, 0.05) is 18.7 Å². The van der Waals surface area contributed by atoms with Crippen LogP contribution in [0.5, 0.6) is 5.75 Å². The highest BCUT2D eigenvalue weighted by atomic mass is 16.5. The van der Waals surface area contributed by atoms with Crippen LogP contribution in [0.1, 0.15) is 35.6 Å². The summed E-state index contributed by atoms with van der Waals surface area (Å²) < 4.78 is 11.5. The number of methoxy groups -OCH3 is 1. The maximum Gasteiger partial charge on any atom is 0.128 e. The van der Waals surface area contributed by atoms with Gasteiger partial charge in [0.25, 0.3) is 0 Å². The SMILES string of the molecule is COc1c(C2CNCCO2)ccc2c1CCCC2. The fourth-order valence-corrected chi connectivity index (χ4v) is 3.07. The fourth-order valence-electron chi connectivity index (χ4n) is 3.07. The van der Waals surface area contributed by atoms with Crippen molar-refractivity contribution in [2.24, 2.45) is 0 Å². The molecule has 98 valence electrons. The van der Waals surface area contributed by atoms with Crippen molar-refractivity contribution in [1.82, 2.24) is 5.32 Å². The van der Waals surface area contributed by atoms with Crippen molar-refractivity contribution in [3.8, 4) is 5.75 Å². The molecule has 1 atom stereocenters. The molecule has 1 aliphatic heterocycles. The number of benzene rings is 1. The molecule has 3 nitrogen and oxygen atoms in total. The molecule has 18 heavy (non-hydrogen) atoms.